The van der Waals surface area contributed by atoms with Gasteiger partial charge in [0.15, 0.2) is 0 Å². The monoisotopic (exact) mass is 311 g/mol. The summed E-state index contributed by atoms with van der Waals surface area (Å²) < 4.78 is 18.8. The molecule has 0 aromatic heterocycles. The van der Waals surface area contributed by atoms with E-state index in [9.17, 15) is 4.21 Å². The minimum atomic E-state index is -0.948. The summed E-state index contributed by atoms with van der Waals surface area (Å²) in [5.74, 6) is 2.34. The Balaban J connectivity index is 1.73. The molecule has 0 amide bonds. The molecule has 0 radical (unpaired) electrons. The number of ether oxygens (including phenoxy) is 1. The van der Waals surface area contributed by atoms with Gasteiger partial charge in [-0.3, -0.25) is 4.21 Å². The number of nitrogen functional groups attached to an aromatic ring is 1. The van der Waals surface area contributed by atoms with Gasteiger partial charge in [-0.25, -0.2) is 0 Å². The summed E-state index contributed by atoms with van der Waals surface area (Å²) in [6.45, 7) is 0.746. The summed E-state index contributed by atoms with van der Waals surface area (Å²) in [7, 11) is -0.948. The van der Waals surface area contributed by atoms with Crippen molar-refractivity contribution in [2.24, 2.45) is 0 Å². The second-order valence-electron chi connectivity index (χ2n) is 5.63. The van der Waals surface area contributed by atoms with Gasteiger partial charge in [-0.2, -0.15) is 11.8 Å². The lowest BCUT2D eigenvalue weighted by atomic mass is 9.88. The molecule has 2 unspecified atom stereocenters. The maximum Gasteiger partial charge on any atom is 0.0709 e. The maximum atomic E-state index is 12.7. The van der Waals surface area contributed by atoms with Gasteiger partial charge in [-0.1, -0.05) is 0 Å². The van der Waals surface area contributed by atoms with Crippen molar-refractivity contribution < 1.29 is 8.95 Å². The van der Waals surface area contributed by atoms with Crippen LogP contribution in [-0.2, 0) is 15.5 Å². The van der Waals surface area contributed by atoms with Crippen LogP contribution < -0.4 is 5.73 Å². The molecule has 3 nitrogen and oxygen atoms in total. The van der Waals surface area contributed by atoms with Crippen molar-refractivity contribution in [3.8, 4) is 0 Å². The summed E-state index contributed by atoms with van der Waals surface area (Å²) in [6.07, 6.45) is 4.04. The number of hydrogen-bond acceptors (Lipinski definition) is 4. The van der Waals surface area contributed by atoms with E-state index < -0.39 is 10.8 Å². The summed E-state index contributed by atoms with van der Waals surface area (Å²) in [6, 6.07) is 7.45. The molecule has 0 bridgehead atoms. The molecule has 20 heavy (non-hydrogen) atoms. The zero-order valence-electron chi connectivity index (χ0n) is 11.5. The van der Waals surface area contributed by atoms with Crippen molar-refractivity contribution in [2.45, 2.75) is 41.4 Å². The minimum Gasteiger partial charge on any atom is -0.399 e. The van der Waals surface area contributed by atoms with Gasteiger partial charge in [0.25, 0.3) is 0 Å². The zero-order valence-corrected chi connectivity index (χ0v) is 13.2. The fourth-order valence-corrected chi connectivity index (χ4v) is 5.84. The molecule has 2 saturated heterocycles. The zero-order chi connectivity index (χ0) is 14.0. The van der Waals surface area contributed by atoms with Crippen LogP contribution in [0.25, 0.3) is 0 Å². The van der Waals surface area contributed by atoms with E-state index in [1.807, 2.05) is 36.0 Å². The van der Waals surface area contributed by atoms with E-state index in [0.29, 0.717) is 0 Å². The molecule has 2 aliphatic heterocycles. The van der Waals surface area contributed by atoms with Crippen LogP contribution in [0.4, 0.5) is 5.69 Å². The van der Waals surface area contributed by atoms with Crippen LogP contribution in [0.2, 0.25) is 0 Å². The van der Waals surface area contributed by atoms with E-state index in [1.54, 1.807) is 0 Å². The van der Waals surface area contributed by atoms with E-state index >= 15 is 0 Å². The molecule has 1 aromatic carbocycles. The number of hydrogen-bond donors (Lipinski definition) is 1. The lowest BCUT2D eigenvalue weighted by Gasteiger charge is -2.43. The minimum absolute atomic E-state index is 0.00235. The molecule has 0 saturated carbocycles. The second-order valence-corrected chi connectivity index (χ2v) is 8.58. The molecule has 3 rings (SSSR count). The molecule has 5 heteroatoms. The number of thioether (sulfide) groups is 1. The molecule has 0 aliphatic carbocycles. The fourth-order valence-electron chi connectivity index (χ4n) is 3.05. The highest BCUT2D eigenvalue weighted by Gasteiger charge is 2.40. The number of rotatable bonds is 2. The molecule has 2 N–H and O–H groups in total. The molecule has 2 atom stereocenters. The Kier molecular flexibility index (Phi) is 4.38. The lowest BCUT2D eigenvalue weighted by Crippen LogP contribution is -2.45. The van der Waals surface area contributed by atoms with Gasteiger partial charge in [-0.05, 0) is 61.5 Å². The van der Waals surface area contributed by atoms with Crippen LogP contribution in [0.5, 0.6) is 0 Å². The van der Waals surface area contributed by atoms with Crippen molar-refractivity contribution in [3.05, 3.63) is 24.3 Å². The number of benzene rings is 1. The van der Waals surface area contributed by atoms with Gasteiger partial charge < -0.3 is 10.5 Å². The van der Waals surface area contributed by atoms with Gasteiger partial charge in [0.05, 0.1) is 16.4 Å². The van der Waals surface area contributed by atoms with Crippen molar-refractivity contribution in [3.63, 3.8) is 0 Å². The largest absolute Gasteiger partial charge is 0.399 e. The Labute approximate surface area is 127 Å². The average Bonchev–Trinajstić information content (AvgIpc) is 2.48. The first kappa shape index (κ1) is 14.4. The van der Waals surface area contributed by atoms with Crippen molar-refractivity contribution in [1.82, 2.24) is 0 Å². The molecule has 1 spiro atoms. The Morgan fingerprint density at radius 3 is 2.65 bits per heavy atom. The average molecular weight is 311 g/mol. The van der Waals surface area contributed by atoms with Crippen molar-refractivity contribution in [1.29, 1.82) is 0 Å². The first-order chi connectivity index (χ1) is 9.69. The predicted octanol–water partition coefficient (Wildman–Crippen LogP) is 2.82. The second kappa shape index (κ2) is 6.08. The Hall–Kier alpha value is -0.520. The topological polar surface area (TPSA) is 52.3 Å². The Morgan fingerprint density at radius 2 is 1.95 bits per heavy atom. The lowest BCUT2D eigenvalue weighted by molar-refractivity contribution is -0.0809. The van der Waals surface area contributed by atoms with Gasteiger partial charge in [0.2, 0.25) is 0 Å². The third-order valence-corrected chi connectivity index (χ3v) is 7.00. The van der Waals surface area contributed by atoms with Gasteiger partial charge in [0.1, 0.15) is 0 Å². The summed E-state index contributed by atoms with van der Waals surface area (Å²) in [5.41, 5.74) is 6.41. The Morgan fingerprint density at radius 1 is 1.25 bits per heavy atom. The Bertz CT molecular complexity index is 478. The third-order valence-electron chi connectivity index (χ3n) is 4.27. The first-order valence-electron chi connectivity index (χ1n) is 7.16. The highest BCUT2D eigenvalue weighted by molar-refractivity contribution is 7.99. The van der Waals surface area contributed by atoms with Gasteiger partial charge in [-0.15, -0.1) is 0 Å². The molecule has 2 heterocycles. The van der Waals surface area contributed by atoms with Crippen LogP contribution in [0.15, 0.2) is 29.2 Å². The highest BCUT2D eigenvalue weighted by atomic mass is 32.2. The van der Waals surface area contributed by atoms with Crippen LogP contribution in [-0.4, -0.2) is 33.2 Å². The molecule has 1 aromatic rings. The SMILES string of the molecule is Nc1ccc(S(=O)C2CCOC3(CCSCC3)C2)cc1. The van der Waals surface area contributed by atoms with E-state index in [1.165, 1.54) is 11.5 Å². The number of anilines is 1. The van der Waals surface area contributed by atoms with Crippen LogP contribution >= 0.6 is 11.8 Å². The molecular weight excluding hydrogens is 290 g/mol. The smallest absolute Gasteiger partial charge is 0.0709 e. The summed E-state index contributed by atoms with van der Waals surface area (Å²) in [4.78, 5) is 0.895. The first-order valence-corrected chi connectivity index (χ1v) is 9.53. The predicted molar refractivity (Wildman–Crippen MR) is 85.5 cm³/mol. The molecule has 2 fully saturated rings. The summed E-state index contributed by atoms with van der Waals surface area (Å²) in [5, 5.41) is 0.218. The van der Waals surface area contributed by atoms with E-state index in [0.717, 1.165) is 42.9 Å². The molecular formula is C15H21NO2S2. The van der Waals surface area contributed by atoms with Gasteiger partial charge >= 0.3 is 0 Å². The molecule has 2 aliphatic rings. The normalized spacial score (nSPS) is 27.3. The third kappa shape index (κ3) is 3.05. The van der Waals surface area contributed by atoms with Crippen LogP contribution in [0.1, 0.15) is 25.7 Å². The number of nitrogens with two attached hydrogens (primary N) is 1. The standard InChI is InChI=1S/C15H21NO2S2/c16-12-1-3-13(4-2-12)20(17)14-5-8-18-15(11-14)6-9-19-10-7-15/h1-4,14H,5-11,16H2. The molecule has 110 valence electrons. The van der Waals surface area contributed by atoms with Crippen molar-refractivity contribution in [2.75, 3.05) is 23.8 Å². The fraction of sp³-hybridized carbons (Fsp3) is 0.600. The highest BCUT2D eigenvalue weighted by Crippen LogP contribution is 2.39. The summed E-state index contributed by atoms with van der Waals surface area (Å²) >= 11 is 2.00. The quantitative estimate of drug-likeness (QED) is 0.853. The van der Waals surface area contributed by atoms with E-state index in [2.05, 4.69) is 0 Å². The van der Waals surface area contributed by atoms with Crippen LogP contribution in [0.3, 0.4) is 0 Å². The maximum absolute atomic E-state index is 12.7. The van der Waals surface area contributed by atoms with E-state index in [-0.39, 0.29) is 10.9 Å². The van der Waals surface area contributed by atoms with Crippen LogP contribution in [0, 0.1) is 0 Å². The van der Waals surface area contributed by atoms with E-state index in [4.69, 9.17) is 10.5 Å². The van der Waals surface area contributed by atoms with Crippen molar-refractivity contribution >= 4 is 28.2 Å². The van der Waals surface area contributed by atoms with Gasteiger partial charge in [0, 0.05) is 22.4 Å².